The van der Waals surface area contributed by atoms with Gasteiger partial charge in [0.1, 0.15) is 5.58 Å². The molecule has 0 amide bonds. The standard InChI is InChI=1S/C50H27BN2O3/c1-3-13-30-28(11-1)23-24-37-46(30)34-17-9-18-36-49(34)52(37)40-25-29-12-2-4-14-31(29)47-35-26-44-45(55-43-22-8-7-21-42(43)54-44)27-39(35)53(51(36)48(40)47)38-19-10-16-33-32-15-5-6-20-41(32)56-50(33)38/h1-27H. The molecule has 0 N–H and O–H groups in total. The van der Waals surface area contributed by atoms with Gasteiger partial charge in [-0.05, 0) is 80.5 Å². The minimum atomic E-state index is -0.197. The predicted molar refractivity (Wildman–Crippen MR) is 229 cm³/mol. The molecular weight excluding hydrogens is 687 g/mol. The van der Waals surface area contributed by atoms with Crippen LogP contribution in [0.3, 0.4) is 0 Å². The van der Waals surface area contributed by atoms with Gasteiger partial charge in [0.05, 0.1) is 16.7 Å². The van der Waals surface area contributed by atoms with Gasteiger partial charge in [0.25, 0.3) is 0 Å². The number of nitrogens with zero attached hydrogens (tertiary/aromatic N) is 2. The van der Waals surface area contributed by atoms with Crippen molar-refractivity contribution in [2.45, 2.75) is 0 Å². The number of furan rings is 1. The Morgan fingerprint density at radius 1 is 0.464 bits per heavy atom. The zero-order valence-corrected chi connectivity index (χ0v) is 29.8. The molecule has 5 heterocycles. The predicted octanol–water partition coefficient (Wildman–Crippen LogP) is 12.1. The van der Waals surface area contributed by atoms with E-state index in [-0.39, 0.29) is 6.85 Å². The molecule has 9 aromatic carbocycles. The van der Waals surface area contributed by atoms with Crippen molar-refractivity contribution >= 4 is 94.4 Å². The zero-order chi connectivity index (χ0) is 36.2. The molecule has 56 heavy (non-hydrogen) atoms. The van der Waals surface area contributed by atoms with Gasteiger partial charge in [-0.15, -0.1) is 0 Å². The van der Waals surface area contributed by atoms with Crippen molar-refractivity contribution < 1.29 is 13.9 Å². The summed E-state index contributed by atoms with van der Waals surface area (Å²) in [4.78, 5) is 2.51. The first kappa shape index (κ1) is 29.0. The van der Waals surface area contributed by atoms with E-state index in [0.717, 1.165) is 38.9 Å². The number of fused-ring (bicyclic) bond motifs is 16. The molecule has 0 spiro atoms. The van der Waals surface area contributed by atoms with Crippen LogP contribution in [0.5, 0.6) is 23.0 Å². The molecule has 0 fully saturated rings. The summed E-state index contributed by atoms with van der Waals surface area (Å²) in [5, 5.41) is 9.61. The Hall–Kier alpha value is -7.44. The Balaban J connectivity index is 1.18. The van der Waals surface area contributed by atoms with Crippen LogP contribution >= 0.6 is 0 Å². The van der Waals surface area contributed by atoms with Crippen LogP contribution in [0.25, 0.3) is 82.1 Å². The van der Waals surface area contributed by atoms with E-state index < -0.39 is 0 Å². The summed E-state index contributed by atoms with van der Waals surface area (Å²) < 4.78 is 22.7. The van der Waals surface area contributed by atoms with Crippen molar-refractivity contribution in [1.82, 2.24) is 4.57 Å². The van der Waals surface area contributed by atoms with Crippen molar-refractivity contribution in [3.05, 3.63) is 164 Å². The summed E-state index contributed by atoms with van der Waals surface area (Å²) in [7, 11) is 0. The highest BCUT2D eigenvalue weighted by Crippen LogP contribution is 2.54. The average molecular weight is 715 g/mol. The van der Waals surface area contributed by atoms with E-state index in [4.69, 9.17) is 13.9 Å². The van der Waals surface area contributed by atoms with Gasteiger partial charge in [-0.3, -0.25) is 0 Å². The van der Waals surface area contributed by atoms with E-state index in [0.29, 0.717) is 23.0 Å². The van der Waals surface area contributed by atoms with E-state index in [1.54, 1.807) is 0 Å². The van der Waals surface area contributed by atoms with Gasteiger partial charge in [0.2, 0.25) is 0 Å². The minimum absolute atomic E-state index is 0.197. The van der Waals surface area contributed by atoms with Gasteiger partial charge < -0.3 is 23.3 Å². The van der Waals surface area contributed by atoms with Crippen LogP contribution in [0.2, 0.25) is 0 Å². The second-order valence-corrected chi connectivity index (χ2v) is 15.2. The Morgan fingerprint density at radius 2 is 1.16 bits per heavy atom. The first-order valence-electron chi connectivity index (χ1n) is 19.1. The quantitative estimate of drug-likeness (QED) is 0.159. The van der Waals surface area contributed by atoms with Crippen LogP contribution in [0.4, 0.5) is 11.4 Å². The largest absolute Gasteiger partial charge is 0.454 e. The molecule has 0 bridgehead atoms. The lowest BCUT2D eigenvalue weighted by Gasteiger charge is -2.43. The lowest BCUT2D eigenvalue weighted by Crippen LogP contribution is -2.60. The van der Waals surface area contributed by atoms with Gasteiger partial charge in [0, 0.05) is 44.5 Å². The normalized spacial score (nSPS) is 13.6. The van der Waals surface area contributed by atoms with E-state index >= 15 is 0 Å². The third-order valence-electron chi connectivity index (χ3n) is 12.4. The summed E-state index contributed by atoms with van der Waals surface area (Å²) in [6.45, 7) is -0.197. The van der Waals surface area contributed by atoms with Crippen LogP contribution in [-0.2, 0) is 0 Å². The van der Waals surface area contributed by atoms with E-state index in [9.17, 15) is 0 Å². The van der Waals surface area contributed by atoms with Gasteiger partial charge >= 0.3 is 6.85 Å². The van der Waals surface area contributed by atoms with Gasteiger partial charge in [-0.1, -0.05) is 115 Å². The monoisotopic (exact) mass is 714 g/mol. The number of hydrogen-bond donors (Lipinski definition) is 0. The second kappa shape index (κ2) is 10.2. The Kier molecular flexibility index (Phi) is 5.28. The van der Waals surface area contributed by atoms with E-state index in [1.807, 2.05) is 30.3 Å². The molecule has 0 saturated heterocycles. The second-order valence-electron chi connectivity index (χ2n) is 15.2. The molecule has 258 valence electrons. The summed E-state index contributed by atoms with van der Waals surface area (Å²) in [6, 6.07) is 58.6. The summed E-state index contributed by atoms with van der Waals surface area (Å²) in [5.74, 6) is 2.79. The number of anilines is 2. The number of aromatic nitrogens is 1. The van der Waals surface area contributed by atoms with Gasteiger partial charge in [0.15, 0.2) is 28.6 Å². The topological polar surface area (TPSA) is 39.8 Å². The lowest BCUT2D eigenvalue weighted by atomic mass is 9.43. The maximum absolute atomic E-state index is 6.85. The molecule has 14 rings (SSSR count). The molecule has 5 nitrogen and oxygen atoms in total. The molecule has 11 aromatic rings. The highest BCUT2D eigenvalue weighted by molar-refractivity contribution is 6.94. The molecule has 3 aliphatic rings. The fourth-order valence-corrected chi connectivity index (χ4v) is 10.2. The van der Waals surface area contributed by atoms with Crippen molar-refractivity contribution in [3.8, 4) is 39.8 Å². The summed E-state index contributed by atoms with van der Waals surface area (Å²) in [6.07, 6.45) is 0. The smallest absolute Gasteiger partial charge is 0.333 e. The first-order valence-corrected chi connectivity index (χ1v) is 19.1. The minimum Gasteiger partial charge on any atom is -0.454 e. The van der Waals surface area contributed by atoms with Crippen LogP contribution in [-0.4, -0.2) is 11.4 Å². The fourth-order valence-electron chi connectivity index (χ4n) is 10.2. The molecule has 0 unspecified atom stereocenters. The van der Waals surface area contributed by atoms with Crippen molar-refractivity contribution in [2.24, 2.45) is 0 Å². The number of ether oxygens (including phenoxy) is 2. The van der Waals surface area contributed by atoms with Gasteiger partial charge in [-0.25, -0.2) is 0 Å². The van der Waals surface area contributed by atoms with Crippen LogP contribution < -0.4 is 25.2 Å². The van der Waals surface area contributed by atoms with Crippen LogP contribution in [0.15, 0.2) is 168 Å². The molecule has 0 atom stereocenters. The van der Waals surface area contributed by atoms with E-state index in [1.165, 1.54) is 65.5 Å². The molecular formula is C50H27BN2O3. The first-order chi connectivity index (χ1) is 27.8. The average Bonchev–Trinajstić information content (AvgIpc) is 3.81. The number of rotatable bonds is 1. The van der Waals surface area contributed by atoms with Crippen molar-refractivity contribution in [3.63, 3.8) is 0 Å². The van der Waals surface area contributed by atoms with Crippen molar-refractivity contribution in [2.75, 3.05) is 4.81 Å². The maximum atomic E-state index is 6.85. The summed E-state index contributed by atoms with van der Waals surface area (Å²) in [5.41, 5.74) is 12.2. The third kappa shape index (κ3) is 3.53. The molecule has 3 aliphatic heterocycles. The van der Waals surface area contributed by atoms with Crippen LogP contribution in [0.1, 0.15) is 0 Å². The van der Waals surface area contributed by atoms with E-state index in [2.05, 4.69) is 143 Å². The van der Waals surface area contributed by atoms with Crippen molar-refractivity contribution in [1.29, 1.82) is 0 Å². The Bertz CT molecular complexity index is 3580. The molecule has 0 radical (unpaired) electrons. The molecule has 0 saturated carbocycles. The number of hydrogen-bond acceptors (Lipinski definition) is 4. The lowest BCUT2D eigenvalue weighted by molar-refractivity contribution is 0.360. The number of para-hydroxylation sites is 5. The zero-order valence-electron chi connectivity index (χ0n) is 29.8. The Labute approximate surface area is 320 Å². The fraction of sp³-hybridized carbons (Fsp3) is 0. The molecule has 0 aliphatic carbocycles. The van der Waals surface area contributed by atoms with Crippen LogP contribution in [0, 0.1) is 0 Å². The number of benzene rings is 9. The SMILES string of the molecule is c1ccc2c(c1)Oc1cc3c(cc1O2)N(c1cccc2c1oc1ccccc12)B1c2c(cc4ccccc4c2-3)-n2c3ccc4ccccc4c3c3cccc1c32. The van der Waals surface area contributed by atoms with Gasteiger partial charge in [-0.2, -0.15) is 0 Å². The highest BCUT2D eigenvalue weighted by Gasteiger charge is 2.46. The molecule has 6 heteroatoms. The highest BCUT2D eigenvalue weighted by atomic mass is 16.6. The third-order valence-corrected chi connectivity index (χ3v) is 12.4. The molecule has 2 aromatic heterocycles. The Morgan fingerprint density at radius 3 is 2.04 bits per heavy atom. The summed E-state index contributed by atoms with van der Waals surface area (Å²) >= 11 is 0. The maximum Gasteiger partial charge on any atom is 0.333 e.